The minimum absolute atomic E-state index is 0.0607. The van der Waals surface area contributed by atoms with E-state index in [-0.39, 0.29) is 42.2 Å². The Morgan fingerprint density at radius 2 is 2.23 bits per heavy atom. The van der Waals surface area contributed by atoms with Crippen LogP contribution in [0, 0.1) is 0 Å². The van der Waals surface area contributed by atoms with Gasteiger partial charge in [0.15, 0.2) is 17.3 Å². The number of nitrogens with zero attached hydrogens (tertiary/aromatic N) is 3. The predicted molar refractivity (Wildman–Crippen MR) is 111 cm³/mol. The second-order valence-corrected chi connectivity index (χ2v) is 8.03. The van der Waals surface area contributed by atoms with Crippen LogP contribution in [0.5, 0.6) is 5.75 Å². The lowest BCUT2D eigenvalue weighted by Crippen LogP contribution is -2.36. The van der Waals surface area contributed by atoms with Crippen LogP contribution in [-0.4, -0.2) is 63.7 Å². The van der Waals surface area contributed by atoms with Gasteiger partial charge < -0.3 is 20.3 Å². The van der Waals surface area contributed by atoms with Crippen molar-refractivity contribution in [2.45, 2.75) is 44.6 Å². The fourth-order valence-electron chi connectivity index (χ4n) is 3.99. The zero-order chi connectivity index (χ0) is 22.0. The smallest absolute Gasteiger partial charge is 0.526 e. The van der Waals surface area contributed by atoms with E-state index in [9.17, 15) is 19.4 Å². The summed E-state index contributed by atoms with van der Waals surface area (Å²) in [4.78, 5) is 36.6. The standard InChI is InChI=1S/C20H24BN5O5/c1-12(27)17-4-2-3-13-7-14(21(30)31-19(13)17)8-16(28)10-26-11-18(24-25-26)20(29)23-15-5-6-22-9-15/h2-4,11,14-15,22,30H,5-10H2,1H3,(H,23,29)/t14-,15-/m1/s1. The van der Waals surface area contributed by atoms with Crippen molar-refractivity contribution in [1.82, 2.24) is 25.6 Å². The minimum atomic E-state index is -1.19. The van der Waals surface area contributed by atoms with Crippen molar-refractivity contribution in [1.29, 1.82) is 0 Å². The molecule has 1 saturated heterocycles. The number of amides is 1. The van der Waals surface area contributed by atoms with Crippen molar-refractivity contribution in [3.8, 4) is 5.75 Å². The molecule has 2 aliphatic heterocycles. The van der Waals surface area contributed by atoms with E-state index in [1.54, 1.807) is 12.1 Å². The van der Waals surface area contributed by atoms with E-state index >= 15 is 0 Å². The predicted octanol–water partition coefficient (Wildman–Crippen LogP) is 0.0174. The Balaban J connectivity index is 1.35. The van der Waals surface area contributed by atoms with Crippen LogP contribution in [0.3, 0.4) is 0 Å². The maximum absolute atomic E-state index is 12.6. The van der Waals surface area contributed by atoms with Gasteiger partial charge in [-0.2, -0.15) is 0 Å². The minimum Gasteiger partial charge on any atom is -0.535 e. The van der Waals surface area contributed by atoms with Crippen LogP contribution in [0.25, 0.3) is 0 Å². The number of hydrogen-bond donors (Lipinski definition) is 3. The summed E-state index contributed by atoms with van der Waals surface area (Å²) in [5.74, 6) is -0.690. The molecule has 2 atom stereocenters. The Morgan fingerprint density at radius 3 is 2.97 bits per heavy atom. The van der Waals surface area contributed by atoms with Crippen LogP contribution >= 0.6 is 0 Å². The van der Waals surface area contributed by atoms with E-state index in [4.69, 9.17) is 4.65 Å². The molecule has 0 saturated carbocycles. The first-order valence-corrected chi connectivity index (χ1v) is 10.3. The van der Waals surface area contributed by atoms with Crippen molar-refractivity contribution in [2.24, 2.45) is 0 Å². The summed E-state index contributed by atoms with van der Waals surface area (Å²) in [6.45, 7) is 2.97. The Kier molecular flexibility index (Phi) is 6.14. The van der Waals surface area contributed by atoms with Gasteiger partial charge in [0.1, 0.15) is 12.3 Å². The first kappa shape index (κ1) is 21.2. The highest BCUT2D eigenvalue weighted by atomic mass is 16.5. The number of carbonyl (C=O) groups excluding carboxylic acids is 3. The van der Waals surface area contributed by atoms with Crippen LogP contribution in [0.1, 0.15) is 46.2 Å². The third kappa shape index (κ3) is 4.83. The number of rotatable bonds is 7. The number of Topliss-reactive ketones (excluding diaryl/α,β-unsaturated/α-hetero) is 2. The van der Waals surface area contributed by atoms with E-state index < -0.39 is 12.9 Å². The van der Waals surface area contributed by atoms with Gasteiger partial charge >= 0.3 is 7.12 Å². The summed E-state index contributed by atoms with van der Waals surface area (Å²) in [6.07, 6.45) is 2.79. The summed E-state index contributed by atoms with van der Waals surface area (Å²) in [5.41, 5.74) is 1.37. The number of aromatic nitrogens is 3. The molecule has 1 fully saturated rings. The average molecular weight is 425 g/mol. The van der Waals surface area contributed by atoms with Crippen LogP contribution in [0.2, 0.25) is 5.82 Å². The van der Waals surface area contributed by atoms with Gasteiger partial charge in [-0.05, 0) is 37.9 Å². The molecule has 0 radical (unpaired) electrons. The second kappa shape index (κ2) is 8.99. The number of ketones is 2. The van der Waals surface area contributed by atoms with E-state index in [1.165, 1.54) is 17.8 Å². The molecule has 162 valence electrons. The maximum Gasteiger partial charge on any atom is 0.526 e. The van der Waals surface area contributed by atoms with Gasteiger partial charge in [0.05, 0.1) is 11.8 Å². The van der Waals surface area contributed by atoms with E-state index in [2.05, 4.69) is 20.9 Å². The average Bonchev–Trinajstić information content (AvgIpc) is 3.40. The highest BCUT2D eigenvalue weighted by Gasteiger charge is 2.37. The topological polar surface area (TPSA) is 135 Å². The fourth-order valence-corrected chi connectivity index (χ4v) is 3.99. The SMILES string of the molecule is CC(=O)c1cccc2c1OB(O)[C@@H](CC(=O)Cn1cc(C(=O)N[C@@H]3CCNC3)nn1)C2. The molecule has 11 heteroatoms. The van der Waals surface area contributed by atoms with Crippen molar-refractivity contribution in [3.63, 3.8) is 0 Å². The van der Waals surface area contributed by atoms with Crippen molar-refractivity contribution in [3.05, 3.63) is 41.2 Å². The molecular formula is C20H24BN5O5. The molecule has 1 aromatic carbocycles. The van der Waals surface area contributed by atoms with Gasteiger partial charge in [0.2, 0.25) is 0 Å². The number of fused-ring (bicyclic) bond motifs is 1. The molecule has 1 aromatic heterocycles. The quantitative estimate of drug-likeness (QED) is 0.417. The summed E-state index contributed by atoms with van der Waals surface area (Å²) in [7, 11) is -1.19. The molecule has 31 heavy (non-hydrogen) atoms. The first-order valence-electron chi connectivity index (χ1n) is 10.3. The number of nitrogens with one attached hydrogen (secondary N) is 2. The molecule has 0 bridgehead atoms. The lowest BCUT2D eigenvalue weighted by molar-refractivity contribution is -0.120. The maximum atomic E-state index is 12.6. The number of para-hydroxylation sites is 1. The Bertz CT molecular complexity index is 1000. The third-order valence-corrected chi connectivity index (χ3v) is 5.59. The highest BCUT2D eigenvalue weighted by molar-refractivity contribution is 6.47. The summed E-state index contributed by atoms with van der Waals surface area (Å²) < 4.78 is 6.90. The molecule has 0 unspecified atom stereocenters. The van der Waals surface area contributed by atoms with E-state index in [0.717, 1.165) is 25.1 Å². The van der Waals surface area contributed by atoms with Gasteiger partial charge in [-0.25, -0.2) is 4.68 Å². The summed E-state index contributed by atoms with van der Waals surface area (Å²) >= 11 is 0. The normalized spacial score (nSPS) is 20.1. The van der Waals surface area contributed by atoms with Crippen molar-refractivity contribution >= 4 is 24.6 Å². The van der Waals surface area contributed by atoms with E-state index in [0.29, 0.717) is 17.7 Å². The fraction of sp³-hybridized carbons (Fsp3) is 0.450. The molecule has 0 spiro atoms. The number of carbonyl (C=O) groups is 3. The first-order chi connectivity index (χ1) is 14.9. The van der Waals surface area contributed by atoms with Crippen LogP contribution in [-0.2, 0) is 17.8 Å². The zero-order valence-corrected chi connectivity index (χ0v) is 17.2. The van der Waals surface area contributed by atoms with E-state index in [1.807, 2.05) is 6.07 Å². The molecule has 10 nitrogen and oxygen atoms in total. The lowest BCUT2D eigenvalue weighted by atomic mass is 9.64. The van der Waals surface area contributed by atoms with Crippen LogP contribution < -0.4 is 15.3 Å². The highest BCUT2D eigenvalue weighted by Crippen LogP contribution is 2.36. The van der Waals surface area contributed by atoms with Gasteiger partial charge in [0, 0.05) is 24.8 Å². The molecule has 3 N–H and O–H groups in total. The number of hydrogen-bond acceptors (Lipinski definition) is 8. The van der Waals surface area contributed by atoms with Crippen LogP contribution in [0.15, 0.2) is 24.4 Å². The van der Waals surface area contributed by atoms with Gasteiger partial charge in [-0.3, -0.25) is 14.4 Å². The van der Waals surface area contributed by atoms with Crippen LogP contribution in [0.4, 0.5) is 0 Å². The molecule has 3 heterocycles. The third-order valence-electron chi connectivity index (χ3n) is 5.59. The van der Waals surface area contributed by atoms with Crippen molar-refractivity contribution < 1.29 is 24.1 Å². The summed E-state index contributed by atoms with van der Waals surface area (Å²) in [5, 5.41) is 24.1. The second-order valence-electron chi connectivity index (χ2n) is 8.03. The summed E-state index contributed by atoms with van der Waals surface area (Å²) in [6, 6.07) is 5.31. The van der Waals surface area contributed by atoms with Gasteiger partial charge in [0.25, 0.3) is 5.91 Å². The molecule has 0 aliphatic carbocycles. The molecule has 2 aliphatic rings. The van der Waals surface area contributed by atoms with Crippen molar-refractivity contribution in [2.75, 3.05) is 13.1 Å². The monoisotopic (exact) mass is 425 g/mol. The largest absolute Gasteiger partial charge is 0.535 e. The molecule has 4 rings (SSSR count). The molecule has 2 aromatic rings. The zero-order valence-electron chi connectivity index (χ0n) is 17.2. The molecule has 1 amide bonds. The Morgan fingerprint density at radius 1 is 1.39 bits per heavy atom. The Hall–Kier alpha value is -3.05. The number of benzene rings is 1. The Labute approximate surface area is 179 Å². The van der Waals surface area contributed by atoms with Gasteiger partial charge in [-0.1, -0.05) is 17.3 Å². The lowest BCUT2D eigenvalue weighted by Gasteiger charge is -2.28. The molecular weight excluding hydrogens is 401 g/mol. The van der Waals surface area contributed by atoms with Gasteiger partial charge in [-0.15, -0.1) is 5.10 Å².